The number of carbonyl (C=O) groups excluding carboxylic acids is 2. The zero-order valence-corrected chi connectivity index (χ0v) is 22.1. The highest BCUT2D eigenvalue weighted by Crippen LogP contribution is 2.24. The fraction of sp³-hybridized carbons (Fsp3) is 0.296. The molecule has 9 nitrogen and oxygen atoms in total. The molecule has 0 aliphatic heterocycles. The molecule has 2 aromatic carbocycles. The van der Waals surface area contributed by atoms with Gasteiger partial charge in [-0.25, -0.2) is 9.07 Å². The van der Waals surface area contributed by atoms with Gasteiger partial charge in [0.1, 0.15) is 17.3 Å². The number of methoxy groups -OCH3 is 1. The minimum atomic E-state index is -0.825. The number of nitrogens with one attached hydrogen (secondary N) is 2. The second-order valence-electron chi connectivity index (χ2n) is 8.57. The smallest absolute Gasteiger partial charge is 0.272 e. The molecule has 3 rings (SSSR count). The molecule has 11 heteroatoms. The van der Waals surface area contributed by atoms with Crippen LogP contribution in [0.4, 0.5) is 4.39 Å². The Hall–Kier alpha value is -4.05. The summed E-state index contributed by atoms with van der Waals surface area (Å²) in [5.41, 5.74) is 9.61. The third kappa shape index (κ3) is 7.25. The molecule has 0 saturated carbocycles. The first-order valence-electron chi connectivity index (χ1n) is 11.9. The van der Waals surface area contributed by atoms with E-state index in [4.69, 9.17) is 26.8 Å². The van der Waals surface area contributed by atoms with Crippen LogP contribution in [0.2, 0.25) is 5.02 Å². The number of aryl methyl sites for hydroxylation is 1. The van der Waals surface area contributed by atoms with Crippen molar-refractivity contribution in [3.05, 3.63) is 92.1 Å². The summed E-state index contributed by atoms with van der Waals surface area (Å²) >= 11 is 6.11. The van der Waals surface area contributed by atoms with Gasteiger partial charge in [-0.1, -0.05) is 18.5 Å². The molecular weight excluding hydrogens is 515 g/mol. The van der Waals surface area contributed by atoms with Crippen molar-refractivity contribution in [2.75, 3.05) is 12.5 Å². The van der Waals surface area contributed by atoms with E-state index < -0.39 is 29.3 Å². The number of hydrogen-bond acceptors (Lipinski definition) is 6. The molecule has 4 N–H and O–H groups in total. The van der Waals surface area contributed by atoms with Crippen molar-refractivity contribution in [1.82, 2.24) is 9.99 Å². The Balaban J connectivity index is 1.70. The lowest BCUT2D eigenvalue weighted by atomic mass is 10.1. The minimum Gasteiger partial charge on any atom is -0.497 e. The molecule has 0 spiro atoms. The minimum absolute atomic E-state index is 0.0270. The number of carbonyl (C=O) groups is 2. The maximum absolute atomic E-state index is 14.2. The highest BCUT2D eigenvalue weighted by Gasteiger charge is 2.18. The highest BCUT2D eigenvalue weighted by atomic mass is 35.5. The number of aromatic nitrogens is 1. The van der Waals surface area contributed by atoms with Crippen molar-refractivity contribution in [2.24, 2.45) is 5.73 Å². The number of halogens is 2. The maximum atomic E-state index is 14.2. The molecule has 202 valence electrons. The van der Waals surface area contributed by atoms with E-state index in [2.05, 4.69) is 10.7 Å². The summed E-state index contributed by atoms with van der Waals surface area (Å²) in [6.07, 6.45) is 0.891. The molecule has 3 aromatic rings. The van der Waals surface area contributed by atoms with Crippen LogP contribution in [0, 0.1) is 12.7 Å². The molecular formula is C27H30ClFN4O5. The van der Waals surface area contributed by atoms with Crippen LogP contribution in [0.25, 0.3) is 0 Å². The van der Waals surface area contributed by atoms with Crippen molar-refractivity contribution < 1.29 is 23.5 Å². The molecule has 0 aliphatic carbocycles. The first-order chi connectivity index (χ1) is 18.1. The topological polar surface area (TPSA) is 125 Å². The second kappa shape index (κ2) is 13.0. The second-order valence-corrected chi connectivity index (χ2v) is 9.00. The van der Waals surface area contributed by atoms with Crippen LogP contribution >= 0.6 is 11.6 Å². The SMILES string of the molecule is CCC(Oc1ccc(Cl)cc1CNC(=O)Cc1c(C)ccn(NCc2cc(OC)ccc2F)c1=O)C(N)=O. The van der Waals surface area contributed by atoms with Crippen molar-refractivity contribution >= 4 is 23.4 Å². The predicted molar refractivity (Wildman–Crippen MR) is 142 cm³/mol. The van der Waals surface area contributed by atoms with E-state index in [-0.39, 0.29) is 25.1 Å². The van der Waals surface area contributed by atoms with E-state index >= 15 is 0 Å². The number of hydrogen-bond donors (Lipinski definition) is 3. The highest BCUT2D eigenvalue weighted by molar-refractivity contribution is 6.30. The van der Waals surface area contributed by atoms with Gasteiger partial charge in [0, 0.05) is 34.5 Å². The Kier molecular flexibility index (Phi) is 9.72. The van der Waals surface area contributed by atoms with Crippen LogP contribution < -0.4 is 31.5 Å². The maximum Gasteiger partial charge on any atom is 0.272 e. The normalized spacial score (nSPS) is 11.5. The number of amides is 2. The first kappa shape index (κ1) is 28.5. The molecule has 1 heterocycles. The largest absolute Gasteiger partial charge is 0.497 e. The van der Waals surface area contributed by atoms with E-state index in [0.717, 1.165) is 0 Å². The number of primary amides is 1. The Morgan fingerprint density at radius 1 is 1.13 bits per heavy atom. The Labute approximate surface area is 224 Å². The van der Waals surface area contributed by atoms with Gasteiger partial charge in [0.15, 0.2) is 6.10 Å². The van der Waals surface area contributed by atoms with Gasteiger partial charge in [-0.15, -0.1) is 0 Å². The molecule has 0 aliphatic rings. The van der Waals surface area contributed by atoms with E-state index in [1.165, 1.54) is 36.2 Å². The van der Waals surface area contributed by atoms with Gasteiger partial charge in [-0.2, -0.15) is 0 Å². The Bertz CT molecular complexity index is 1380. The number of rotatable bonds is 12. The van der Waals surface area contributed by atoms with E-state index in [1.807, 2.05) is 0 Å². The summed E-state index contributed by atoms with van der Waals surface area (Å²) in [6, 6.07) is 10.9. The van der Waals surface area contributed by atoms with E-state index in [0.29, 0.717) is 39.6 Å². The van der Waals surface area contributed by atoms with Gasteiger partial charge in [-0.3, -0.25) is 14.4 Å². The van der Waals surface area contributed by atoms with Crippen LogP contribution in [-0.2, 0) is 29.1 Å². The summed E-state index contributed by atoms with van der Waals surface area (Å²) in [5, 5.41) is 3.19. The lowest BCUT2D eigenvalue weighted by Crippen LogP contribution is -2.35. The molecule has 1 atom stereocenters. The number of nitrogens with two attached hydrogens (primary N) is 1. The molecule has 38 heavy (non-hydrogen) atoms. The summed E-state index contributed by atoms with van der Waals surface area (Å²) < 4.78 is 26.2. The summed E-state index contributed by atoms with van der Waals surface area (Å²) in [6.45, 7) is 3.58. The van der Waals surface area contributed by atoms with Gasteiger partial charge in [0.2, 0.25) is 5.91 Å². The van der Waals surface area contributed by atoms with Gasteiger partial charge in [0.25, 0.3) is 11.5 Å². The molecule has 2 amide bonds. The van der Waals surface area contributed by atoms with Crippen molar-refractivity contribution in [2.45, 2.75) is 45.9 Å². The lowest BCUT2D eigenvalue weighted by molar-refractivity contribution is -0.125. The van der Waals surface area contributed by atoms with Gasteiger partial charge < -0.3 is 25.9 Å². The van der Waals surface area contributed by atoms with Crippen molar-refractivity contribution in [3.8, 4) is 11.5 Å². The standard InChI is InChI=1S/C27H30ClFN4O5/c1-4-23(26(30)35)38-24-8-5-19(28)11-18(24)14-31-25(34)13-21-16(2)9-10-33(27(21)36)32-15-17-12-20(37-3)6-7-22(17)29/h5-12,23,32H,4,13-15H2,1-3H3,(H2,30,35)(H,31,34). The monoisotopic (exact) mass is 544 g/mol. The van der Waals surface area contributed by atoms with Gasteiger partial charge in [0.05, 0.1) is 20.1 Å². The molecule has 1 unspecified atom stereocenters. The van der Waals surface area contributed by atoms with Gasteiger partial charge in [-0.05, 0) is 61.4 Å². The number of ether oxygens (including phenoxy) is 2. The molecule has 0 radical (unpaired) electrons. The average Bonchev–Trinajstić information content (AvgIpc) is 2.89. The molecule has 0 bridgehead atoms. The fourth-order valence-corrected chi connectivity index (χ4v) is 3.90. The number of pyridine rings is 1. The first-order valence-corrected chi connectivity index (χ1v) is 12.3. The molecule has 1 aromatic heterocycles. The number of nitrogens with zero attached hydrogens (tertiary/aromatic N) is 1. The van der Waals surface area contributed by atoms with Crippen molar-refractivity contribution in [1.29, 1.82) is 0 Å². The third-order valence-electron chi connectivity index (χ3n) is 5.91. The van der Waals surface area contributed by atoms with Crippen molar-refractivity contribution in [3.63, 3.8) is 0 Å². The predicted octanol–water partition coefficient (Wildman–Crippen LogP) is 3.20. The molecule has 0 saturated heterocycles. The fourth-order valence-electron chi connectivity index (χ4n) is 3.71. The third-order valence-corrected chi connectivity index (χ3v) is 6.15. The zero-order chi connectivity index (χ0) is 27.8. The van der Waals surface area contributed by atoms with Crippen LogP contribution in [0.1, 0.15) is 35.6 Å². The lowest BCUT2D eigenvalue weighted by Gasteiger charge is -2.18. The Morgan fingerprint density at radius 3 is 2.58 bits per heavy atom. The van der Waals surface area contributed by atoms with Crippen LogP contribution in [0.5, 0.6) is 11.5 Å². The summed E-state index contributed by atoms with van der Waals surface area (Å²) in [7, 11) is 1.48. The van der Waals surface area contributed by atoms with Crippen LogP contribution in [-0.4, -0.2) is 29.7 Å². The van der Waals surface area contributed by atoms with Crippen LogP contribution in [0.15, 0.2) is 53.5 Å². The summed E-state index contributed by atoms with van der Waals surface area (Å²) in [4.78, 5) is 37.4. The molecule has 0 fully saturated rings. The Morgan fingerprint density at radius 2 is 1.89 bits per heavy atom. The number of benzene rings is 2. The quantitative estimate of drug-likeness (QED) is 0.321. The van der Waals surface area contributed by atoms with E-state index in [1.54, 1.807) is 38.1 Å². The zero-order valence-electron chi connectivity index (χ0n) is 21.3. The van der Waals surface area contributed by atoms with Gasteiger partial charge >= 0.3 is 0 Å². The van der Waals surface area contributed by atoms with Crippen LogP contribution in [0.3, 0.4) is 0 Å². The van der Waals surface area contributed by atoms with E-state index in [9.17, 15) is 18.8 Å². The average molecular weight is 545 g/mol. The summed E-state index contributed by atoms with van der Waals surface area (Å²) in [5.74, 6) is -0.591.